The molecule has 0 saturated carbocycles. The van der Waals surface area contributed by atoms with Crippen molar-refractivity contribution in [1.82, 2.24) is 14.9 Å². The second-order valence-electron chi connectivity index (χ2n) is 6.22. The van der Waals surface area contributed by atoms with Crippen molar-refractivity contribution in [2.75, 3.05) is 18.4 Å². The average molecular weight is 340 g/mol. The Labute approximate surface area is 145 Å². The van der Waals surface area contributed by atoms with Crippen LogP contribution in [0.25, 0.3) is 0 Å². The van der Waals surface area contributed by atoms with Gasteiger partial charge in [-0.3, -0.25) is 19.3 Å². The summed E-state index contributed by atoms with van der Waals surface area (Å²) in [4.78, 5) is 44.5. The van der Waals surface area contributed by atoms with Gasteiger partial charge in [0.1, 0.15) is 5.82 Å². The van der Waals surface area contributed by atoms with E-state index in [9.17, 15) is 14.4 Å². The molecule has 2 heterocycles. The molecule has 130 valence electrons. The topological polar surface area (TPSA) is 95.2 Å². The molecule has 7 heteroatoms. The number of hydrogen-bond donors (Lipinski definition) is 2. The highest BCUT2D eigenvalue weighted by Gasteiger charge is 2.22. The molecule has 1 amide bonds. The molecule has 25 heavy (non-hydrogen) atoms. The SMILES string of the molecule is CC(=O)c1ccc(NC(=O)CN2CCc3nc(C)[nH]c(=O)c3C2)cc1. The summed E-state index contributed by atoms with van der Waals surface area (Å²) in [5.74, 6) is 0.443. The van der Waals surface area contributed by atoms with E-state index in [0.29, 0.717) is 42.1 Å². The summed E-state index contributed by atoms with van der Waals surface area (Å²) < 4.78 is 0. The number of aromatic amines is 1. The van der Waals surface area contributed by atoms with Crippen LogP contribution in [0.15, 0.2) is 29.1 Å². The summed E-state index contributed by atoms with van der Waals surface area (Å²) in [5.41, 5.74) is 2.57. The molecule has 2 N–H and O–H groups in total. The highest BCUT2D eigenvalue weighted by atomic mass is 16.2. The number of hydrogen-bond acceptors (Lipinski definition) is 5. The Morgan fingerprint density at radius 1 is 1.28 bits per heavy atom. The first-order chi connectivity index (χ1) is 11.9. The molecular weight excluding hydrogens is 320 g/mol. The van der Waals surface area contributed by atoms with E-state index in [1.807, 2.05) is 4.90 Å². The van der Waals surface area contributed by atoms with Gasteiger partial charge in [0.05, 0.1) is 17.8 Å². The Bertz CT molecular complexity index is 871. The molecule has 0 aliphatic carbocycles. The fourth-order valence-corrected chi connectivity index (χ4v) is 2.93. The lowest BCUT2D eigenvalue weighted by atomic mass is 10.1. The molecule has 0 fully saturated rings. The fraction of sp³-hybridized carbons (Fsp3) is 0.333. The Balaban J connectivity index is 1.62. The van der Waals surface area contributed by atoms with E-state index >= 15 is 0 Å². The molecule has 3 rings (SSSR count). The van der Waals surface area contributed by atoms with E-state index in [2.05, 4.69) is 15.3 Å². The maximum Gasteiger partial charge on any atom is 0.255 e. The lowest BCUT2D eigenvalue weighted by Gasteiger charge is -2.26. The maximum absolute atomic E-state index is 12.2. The molecule has 1 aromatic heterocycles. The van der Waals surface area contributed by atoms with Crippen LogP contribution < -0.4 is 10.9 Å². The summed E-state index contributed by atoms with van der Waals surface area (Å²) in [5, 5.41) is 2.81. The van der Waals surface area contributed by atoms with Crippen LogP contribution in [0.5, 0.6) is 0 Å². The first kappa shape index (κ1) is 17.0. The van der Waals surface area contributed by atoms with E-state index in [0.717, 1.165) is 5.69 Å². The number of carbonyl (C=O) groups excluding carboxylic acids is 2. The minimum atomic E-state index is -0.157. The van der Waals surface area contributed by atoms with Gasteiger partial charge < -0.3 is 10.3 Å². The number of benzene rings is 1. The lowest BCUT2D eigenvalue weighted by molar-refractivity contribution is -0.117. The minimum absolute atomic E-state index is 0.0149. The van der Waals surface area contributed by atoms with Crippen molar-refractivity contribution in [2.24, 2.45) is 0 Å². The third kappa shape index (κ3) is 4.00. The van der Waals surface area contributed by atoms with Crippen LogP contribution in [0.2, 0.25) is 0 Å². The summed E-state index contributed by atoms with van der Waals surface area (Å²) >= 11 is 0. The summed E-state index contributed by atoms with van der Waals surface area (Å²) in [6, 6.07) is 6.78. The number of nitrogens with one attached hydrogen (secondary N) is 2. The van der Waals surface area contributed by atoms with Crippen molar-refractivity contribution in [1.29, 1.82) is 0 Å². The summed E-state index contributed by atoms with van der Waals surface area (Å²) in [6.45, 7) is 4.55. The second kappa shape index (κ2) is 6.98. The number of amides is 1. The molecule has 0 radical (unpaired) electrons. The van der Waals surface area contributed by atoms with E-state index in [4.69, 9.17) is 0 Å². The second-order valence-corrected chi connectivity index (χ2v) is 6.22. The molecule has 7 nitrogen and oxygen atoms in total. The molecule has 0 spiro atoms. The van der Waals surface area contributed by atoms with Crippen LogP contribution in [-0.4, -0.2) is 39.6 Å². The highest BCUT2D eigenvalue weighted by Crippen LogP contribution is 2.14. The molecule has 0 unspecified atom stereocenters. The highest BCUT2D eigenvalue weighted by molar-refractivity contribution is 5.96. The van der Waals surface area contributed by atoms with Crippen LogP contribution in [0.4, 0.5) is 5.69 Å². The largest absolute Gasteiger partial charge is 0.325 e. The van der Waals surface area contributed by atoms with Gasteiger partial charge in [-0.2, -0.15) is 0 Å². The van der Waals surface area contributed by atoms with Crippen molar-refractivity contribution >= 4 is 17.4 Å². The Hall–Kier alpha value is -2.80. The van der Waals surface area contributed by atoms with Gasteiger partial charge >= 0.3 is 0 Å². The van der Waals surface area contributed by atoms with Crippen LogP contribution >= 0.6 is 0 Å². The first-order valence-corrected chi connectivity index (χ1v) is 8.14. The Kier molecular flexibility index (Phi) is 4.76. The fourth-order valence-electron chi connectivity index (χ4n) is 2.93. The average Bonchev–Trinajstić information content (AvgIpc) is 2.55. The van der Waals surface area contributed by atoms with Gasteiger partial charge in [-0.05, 0) is 38.1 Å². The van der Waals surface area contributed by atoms with Gasteiger partial charge in [0.25, 0.3) is 5.56 Å². The van der Waals surface area contributed by atoms with Crippen LogP contribution in [0, 0.1) is 6.92 Å². The monoisotopic (exact) mass is 340 g/mol. The maximum atomic E-state index is 12.2. The normalized spacial score (nSPS) is 14.0. The number of nitrogens with zero attached hydrogens (tertiary/aromatic N) is 2. The molecule has 0 bridgehead atoms. The predicted molar refractivity (Wildman–Crippen MR) is 93.7 cm³/mol. The van der Waals surface area contributed by atoms with Crippen molar-refractivity contribution in [3.63, 3.8) is 0 Å². The number of ketones is 1. The molecular formula is C18H20N4O3. The van der Waals surface area contributed by atoms with Gasteiger partial charge in [-0.25, -0.2) is 4.98 Å². The van der Waals surface area contributed by atoms with Crippen LogP contribution in [0.3, 0.4) is 0 Å². The van der Waals surface area contributed by atoms with Crippen molar-refractivity contribution in [2.45, 2.75) is 26.8 Å². The smallest absolute Gasteiger partial charge is 0.255 e. The standard InChI is InChI=1S/C18H20N4O3/c1-11(23)13-3-5-14(6-4-13)21-17(24)10-22-8-7-16-15(9-22)18(25)20-12(2)19-16/h3-6H,7-10H2,1-2H3,(H,21,24)(H,19,20,25). The minimum Gasteiger partial charge on any atom is -0.325 e. The molecule has 0 saturated heterocycles. The zero-order valence-corrected chi connectivity index (χ0v) is 14.3. The predicted octanol–water partition coefficient (Wildman–Crippen LogP) is 1.28. The number of H-pyrrole nitrogens is 1. The number of anilines is 1. The number of fused-ring (bicyclic) bond motifs is 1. The van der Waals surface area contributed by atoms with Crippen molar-refractivity contribution in [3.8, 4) is 0 Å². The molecule has 1 aliphatic rings. The number of aryl methyl sites for hydroxylation is 1. The first-order valence-electron chi connectivity index (χ1n) is 8.14. The van der Waals surface area contributed by atoms with Crippen LogP contribution in [0.1, 0.15) is 34.4 Å². The molecule has 0 atom stereocenters. The van der Waals surface area contributed by atoms with Gasteiger partial charge in [0, 0.05) is 30.8 Å². The summed E-state index contributed by atoms with van der Waals surface area (Å²) in [7, 11) is 0. The zero-order chi connectivity index (χ0) is 18.0. The summed E-state index contributed by atoms with van der Waals surface area (Å²) in [6.07, 6.45) is 0.653. The molecule has 1 aliphatic heterocycles. The van der Waals surface area contributed by atoms with E-state index in [1.54, 1.807) is 31.2 Å². The van der Waals surface area contributed by atoms with Crippen molar-refractivity contribution < 1.29 is 9.59 Å². The number of carbonyl (C=O) groups is 2. The molecule has 2 aromatic rings. The third-order valence-electron chi connectivity index (χ3n) is 4.21. The Morgan fingerprint density at radius 2 is 2.00 bits per heavy atom. The number of rotatable bonds is 4. The van der Waals surface area contributed by atoms with E-state index in [-0.39, 0.29) is 23.8 Å². The van der Waals surface area contributed by atoms with Gasteiger partial charge in [-0.1, -0.05) is 0 Å². The van der Waals surface area contributed by atoms with E-state index in [1.165, 1.54) is 6.92 Å². The van der Waals surface area contributed by atoms with E-state index < -0.39 is 0 Å². The molecule has 1 aromatic carbocycles. The van der Waals surface area contributed by atoms with Crippen molar-refractivity contribution in [3.05, 3.63) is 57.3 Å². The lowest BCUT2D eigenvalue weighted by Crippen LogP contribution is -2.40. The number of aromatic nitrogens is 2. The van der Waals surface area contributed by atoms with Crippen LogP contribution in [-0.2, 0) is 17.8 Å². The van der Waals surface area contributed by atoms with Gasteiger partial charge in [-0.15, -0.1) is 0 Å². The third-order valence-corrected chi connectivity index (χ3v) is 4.21. The van der Waals surface area contributed by atoms with Gasteiger partial charge in [0.2, 0.25) is 5.91 Å². The van der Waals surface area contributed by atoms with Gasteiger partial charge in [0.15, 0.2) is 5.78 Å². The Morgan fingerprint density at radius 3 is 2.68 bits per heavy atom. The zero-order valence-electron chi connectivity index (χ0n) is 14.3. The number of Topliss-reactive ketones (excluding diaryl/α,β-unsaturated/α-hetero) is 1. The quantitative estimate of drug-likeness (QED) is 0.818.